The number of carbonyl (C=O) groups excluding carboxylic acids is 1. The lowest BCUT2D eigenvalue weighted by Gasteiger charge is -2.19. The van der Waals surface area contributed by atoms with Crippen molar-refractivity contribution in [2.75, 3.05) is 11.9 Å². The number of fused-ring (bicyclic) bond motifs is 1. The van der Waals surface area contributed by atoms with Crippen molar-refractivity contribution in [3.8, 4) is 0 Å². The summed E-state index contributed by atoms with van der Waals surface area (Å²) in [4.78, 5) is 24.0. The van der Waals surface area contributed by atoms with Crippen LogP contribution in [0.25, 0.3) is 10.8 Å². The van der Waals surface area contributed by atoms with E-state index in [-0.39, 0.29) is 23.9 Å². The third kappa shape index (κ3) is 4.75. The number of aromatic carboxylic acids is 1. The van der Waals surface area contributed by atoms with Crippen molar-refractivity contribution >= 4 is 28.3 Å². The Morgan fingerprint density at radius 3 is 2.43 bits per heavy atom. The largest absolute Gasteiger partial charge is 0.478 e. The van der Waals surface area contributed by atoms with Gasteiger partial charge in [-0.2, -0.15) is 0 Å². The van der Waals surface area contributed by atoms with Gasteiger partial charge in [0.2, 0.25) is 5.91 Å². The Hall–Kier alpha value is -3.18. The van der Waals surface area contributed by atoms with E-state index in [1.807, 2.05) is 18.2 Å². The molecule has 0 spiro atoms. The topological polar surface area (TPSA) is 78.4 Å². The summed E-state index contributed by atoms with van der Waals surface area (Å²) in [6, 6.07) is 20.6. The van der Waals surface area contributed by atoms with Gasteiger partial charge in [-0.15, -0.1) is 0 Å². The lowest BCUT2D eigenvalue weighted by molar-refractivity contribution is -0.116. The summed E-state index contributed by atoms with van der Waals surface area (Å²) < 4.78 is 0. The van der Waals surface area contributed by atoms with Gasteiger partial charge in [-0.1, -0.05) is 55.5 Å². The first-order valence-corrected chi connectivity index (χ1v) is 9.42. The molecular formula is C23H24N2O3. The molecule has 1 atom stereocenters. The van der Waals surface area contributed by atoms with Crippen molar-refractivity contribution in [1.29, 1.82) is 0 Å². The van der Waals surface area contributed by atoms with E-state index < -0.39 is 5.97 Å². The SMILES string of the molecule is CCCNC(CC(=O)Nc1ccccc1C(=O)O)c1ccc2ccccc2c1. The number of para-hydroxylation sites is 1. The summed E-state index contributed by atoms with van der Waals surface area (Å²) in [7, 11) is 0. The van der Waals surface area contributed by atoms with Gasteiger partial charge in [-0.25, -0.2) is 4.79 Å². The maximum atomic E-state index is 12.7. The maximum absolute atomic E-state index is 12.7. The van der Waals surface area contributed by atoms with E-state index in [4.69, 9.17) is 0 Å². The van der Waals surface area contributed by atoms with E-state index in [1.54, 1.807) is 18.2 Å². The molecule has 1 amide bonds. The molecule has 28 heavy (non-hydrogen) atoms. The number of hydrogen-bond acceptors (Lipinski definition) is 3. The number of nitrogens with one attached hydrogen (secondary N) is 2. The zero-order valence-electron chi connectivity index (χ0n) is 15.8. The van der Waals surface area contributed by atoms with Gasteiger partial charge >= 0.3 is 5.97 Å². The second-order valence-electron chi connectivity index (χ2n) is 6.72. The minimum Gasteiger partial charge on any atom is -0.478 e. The second kappa shape index (κ2) is 9.15. The number of carbonyl (C=O) groups is 2. The Labute approximate surface area is 164 Å². The van der Waals surface area contributed by atoms with Gasteiger partial charge in [0, 0.05) is 12.5 Å². The average Bonchev–Trinajstić information content (AvgIpc) is 2.71. The molecule has 0 radical (unpaired) electrons. The van der Waals surface area contributed by atoms with Crippen LogP contribution in [0.15, 0.2) is 66.7 Å². The minimum atomic E-state index is -1.06. The summed E-state index contributed by atoms with van der Waals surface area (Å²) in [5, 5.41) is 17.7. The van der Waals surface area contributed by atoms with Crippen LogP contribution >= 0.6 is 0 Å². The highest BCUT2D eigenvalue weighted by Gasteiger charge is 2.18. The van der Waals surface area contributed by atoms with Crippen molar-refractivity contribution in [3.63, 3.8) is 0 Å². The molecule has 0 aliphatic heterocycles. The van der Waals surface area contributed by atoms with Crippen LogP contribution < -0.4 is 10.6 Å². The predicted molar refractivity (Wildman–Crippen MR) is 112 cm³/mol. The number of rotatable bonds is 8. The first-order chi connectivity index (χ1) is 13.6. The first kappa shape index (κ1) is 19.6. The fourth-order valence-corrected chi connectivity index (χ4v) is 3.22. The standard InChI is InChI=1S/C23H24N2O3/c1-2-13-24-21(18-12-11-16-7-3-4-8-17(16)14-18)15-22(26)25-20-10-6-5-9-19(20)23(27)28/h3-12,14,21,24H,2,13,15H2,1H3,(H,25,26)(H,27,28). The smallest absolute Gasteiger partial charge is 0.337 e. The van der Waals surface area contributed by atoms with Crippen LogP contribution in [0.5, 0.6) is 0 Å². The molecule has 0 aliphatic rings. The number of hydrogen-bond donors (Lipinski definition) is 3. The fourth-order valence-electron chi connectivity index (χ4n) is 3.22. The monoisotopic (exact) mass is 376 g/mol. The van der Waals surface area contributed by atoms with E-state index in [9.17, 15) is 14.7 Å². The quantitative estimate of drug-likeness (QED) is 0.536. The summed E-state index contributed by atoms with van der Waals surface area (Å²) >= 11 is 0. The van der Waals surface area contributed by atoms with E-state index in [0.29, 0.717) is 5.69 Å². The van der Waals surface area contributed by atoms with Gasteiger partial charge in [-0.05, 0) is 47.5 Å². The summed E-state index contributed by atoms with van der Waals surface area (Å²) in [5.41, 5.74) is 1.43. The van der Waals surface area contributed by atoms with Gasteiger partial charge in [-0.3, -0.25) is 4.79 Å². The molecule has 3 rings (SSSR count). The number of carboxylic acids is 1. The molecule has 0 saturated heterocycles. The summed E-state index contributed by atoms with van der Waals surface area (Å²) in [6.07, 6.45) is 1.17. The van der Waals surface area contributed by atoms with E-state index in [1.165, 1.54) is 6.07 Å². The van der Waals surface area contributed by atoms with Crippen molar-refractivity contribution in [2.45, 2.75) is 25.8 Å². The maximum Gasteiger partial charge on any atom is 0.337 e. The Balaban J connectivity index is 1.80. The Kier molecular flexibility index (Phi) is 6.40. The molecule has 5 heteroatoms. The van der Waals surface area contributed by atoms with Gasteiger partial charge in [0.25, 0.3) is 0 Å². The van der Waals surface area contributed by atoms with Crippen LogP contribution in [0.4, 0.5) is 5.69 Å². The van der Waals surface area contributed by atoms with Crippen LogP contribution in [-0.4, -0.2) is 23.5 Å². The predicted octanol–water partition coefficient (Wildman–Crippen LogP) is 4.61. The summed E-state index contributed by atoms with van der Waals surface area (Å²) in [6.45, 7) is 2.87. The van der Waals surface area contributed by atoms with Crippen molar-refractivity contribution in [2.24, 2.45) is 0 Å². The number of benzene rings is 3. The van der Waals surface area contributed by atoms with Crippen LogP contribution in [0, 0.1) is 0 Å². The molecule has 144 valence electrons. The number of amides is 1. The van der Waals surface area contributed by atoms with Crippen molar-refractivity contribution in [1.82, 2.24) is 5.32 Å². The van der Waals surface area contributed by atoms with Crippen LogP contribution in [0.2, 0.25) is 0 Å². The molecule has 0 aliphatic carbocycles. The first-order valence-electron chi connectivity index (χ1n) is 9.42. The van der Waals surface area contributed by atoms with Crippen molar-refractivity contribution in [3.05, 3.63) is 77.9 Å². The van der Waals surface area contributed by atoms with Crippen LogP contribution in [0.3, 0.4) is 0 Å². The molecule has 3 aromatic carbocycles. The van der Waals surface area contributed by atoms with E-state index in [0.717, 1.165) is 29.3 Å². The lowest BCUT2D eigenvalue weighted by atomic mass is 9.99. The highest BCUT2D eigenvalue weighted by atomic mass is 16.4. The highest BCUT2D eigenvalue weighted by molar-refractivity contribution is 6.00. The Morgan fingerprint density at radius 1 is 0.964 bits per heavy atom. The van der Waals surface area contributed by atoms with Gasteiger partial charge in [0.1, 0.15) is 0 Å². The highest BCUT2D eigenvalue weighted by Crippen LogP contribution is 2.24. The molecule has 3 aromatic rings. The second-order valence-corrected chi connectivity index (χ2v) is 6.72. The molecule has 5 nitrogen and oxygen atoms in total. The third-order valence-corrected chi connectivity index (χ3v) is 4.64. The molecule has 0 heterocycles. The molecular weight excluding hydrogens is 352 g/mol. The molecule has 1 unspecified atom stereocenters. The third-order valence-electron chi connectivity index (χ3n) is 4.64. The fraction of sp³-hybridized carbons (Fsp3) is 0.217. The Morgan fingerprint density at radius 2 is 1.68 bits per heavy atom. The van der Waals surface area contributed by atoms with E-state index in [2.05, 4.69) is 41.8 Å². The summed E-state index contributed by atoms with van der Waals surface area (Å²) in [5.74, 6) is -1.29. The van der Waals surface area contributed by atoms with Crippen molar-refractivity contribution < 1.29 is 14.7 Å². The normalized spacial score (nSPS) is 11.9. The minimum absolute atomic E-state index is 0.0830. The Bertz CT molecular complexity index is 984. The molecule has 0 bridgehead atoms. The van der Waals surface area contributed by atoms with Gasteiger partial charge in [0.05, 0.1) is 11.3 Å². The van der Waals surface area contributed by atoms with Crippen LogP contribution in [0.1, 0.15) is 41.7 Å². The van der Waals surface area contributed by atoms with Gasteiger partial charge < -0.3 is 15.7 Å². The zero-order valence-corrected chi connectivity index (χ0v) is 15.8. The van der Waals surface area contributed by atoms with Gasteiger partial charge in [0.15, 0.2) is 0 Å². The number of carboxylic acid groups (broad SMARTS) is 1. The molecule has 0 aromatic heterocycles. The molecule has 3 N–H and O–H groups in total. The lowest BCUT2D eigenvalue weighted by Crippen LogP contribution is -2.27. The number of anilines is 1. The average molecular weight is 376 g/mol. The zero-order chi connectivity index (χ0) is 19.9. The van der Waals surface area contributed by atoms with E-state index >= 15 is 0 Å². The molecule has 0 saturated carbocycles. The van der Waals surface area contributed by atoms with Crippen LogP contribution in [-0.2, 0) is 4.79 Å². The molecule has 0 fully saturated rings.